The summed E-state index contributed by atoms with van der Waals surface area (Å²) in [5.74, 6) is -0.292. The number of hydrogen-bond donors (Lipinski definition) is 11. The van der Waals surface area contributed by atoms with Crippen molar-refractivity contribution >= 4 is 151 Å². The van der Waals surface area contributed by atoms with Gasteiger partial charge < -0.3 is 62.1 Å². The first-order chi connectivity index (χ1) is 60.9. The van der Waals surface area contributed by atoms with E-state index < -0.39 is 0 Å². The molecule has 12 aromatic carbocycles. The van der Waals surface area contributed by atoms with Crippen molar-refractivity contribution < 1.29 is 38.4 Å². The van der Waals surface area contributed by atoms with Crippen LogP contribution in [0.2, 0.25) is 15.1 Å². The number of likely N-dealkylation sites (N-methyl/N-ethyl adjacent to an activating group) is 1. The van der Waals surface area contributed by atoms with Crippen LogP contribution in [0.3, 0.4) is 0 Å². The first-order valence-electron chi connectivity index (χ1n) is 40.7. The van der Waals surface area contributed by atoms with Crippen molar-refractivity contribution in [3.63, 3.8) is 0 Å². The number of piperidine rings is 1. The molecule has 638 valence electrons. The van der Waals surface area contributed by atoms with Gasteiger partial charge in [0, 0.05) is 136 Å². The predicted molar refractivity (Wildman–Crippen MR) is 505 cm³/mol. The summed E-state index contributed by atoms with van der Waals surface area (Å²) in [5, 5.41) is 49.1. The molecule has 15 rings (SSSR count). The average Bonchev–Trinajstić information content (AvgIpc) is 1.30. The Labute approximate surface area is 746 Å². The van der Waals surface area contributed by atoms with Gasteiger partial charge in [-0.1, -0.05) is 150 Å². The number of carbonyl (C=O) groups is 8. The van der Waals surface area contributed by atoms with Crippen LogP contribution < -0.4 is 42.5 Å². The topological polar surface area (TPSA) is 330 Å². The zero-order chi connectivity index (χ0) is 89.2. The Hall–Kier alpha value is -14.9. The summed E-state index contributed by atoms with van der Waals surface area (Å²) < 4.78 is 0. The van der Waals surface area contributed by atoms with Gasteiger partial charge >= 0.3 is 0 Å². The molecule has 27 heteroatoms. The normalized spacial score (nSPS) is 12.4. The van der Waals surface area contributed by atoms with E-state index in [4.69, 9.17) is 51.0 Å². The van der Waals surface area contributed by atoms with E-state index in [1.165, 1.54) is 6.42 Å². The number of amidine groups is 4. The largest absolute Gasteiger partial charge is 0.363 e. The number of amides is 8. The Morgan fingerprint density at radius 2 is 0.571 bits per heavy atom. The number of aryl methyl sites for hydroxylation is 1. The maximum atomic E-state index is 12.8. The maximum absolute atomic E-state index is 12.8. The molecule has 8 amide bonds. The fraction of sp³-hybridized carbons (Fsp3) is 0.152. The van der Waals surface area contributed by atoms with Gasteiger partial charge in [-0.25, -0.2) is 0 Å². The zero-order valence-corrected chi connectivity index (χ0v) is 71.9. The van der Waals surface area contributed by atoms with E-state index in [0.717, 1.165) is 93.0 Å². The molecular weight excluding hydrogens is 1650 g/mol. The molecule has 0 bridgehead atoms. The molecule has 0 saturated carbocycles. The Bertz CT molecular complexity index is 5970. The molecule has 2 saturated heterocycles. The van der Waals surface area contributed by atoms with Gasteiger partial charge in [-0.15, -0.1) is 0 Å². The quantitative estimate of drug-likeness (QED) is 0.0251. The van der Waals surface area contributed by atoms with Gasteiger partial charge in [-0.2, -0.15) is 0 Å². The van der Waals surface area contributed by atoms with Crippen LogP contribution >= 0.6 is 34.8 Å². The highest BCUT2D eigenvalue weighted by Gasteiger charge is 2.24. The Morgan fingerprint density at radius 1 is 0.310 bits per heavy atom. The molecule has 0 aliphatic carbocycles. The minimum Gasteiger partial charge on any atom is -0.363 e. The van der Waals surface area contributed by atoms with Gasteiger partial charge in [0.15, 0.2) is 0 Å². The zero-order valence-electron chi connectivity index (χ0n) is 69.6. The summed E-state index contributed by atoms with van der Waals surface area (Å²) in [5.41, 5.74) is 11.9. The lowest BCUT2D eigenvalue weighted by Gasteiger charge is -2.29. The molecule has 24 nitrogen and oxygen atoms in total. The molecule has 0 spiro atoms. The summed E-state index contributed by atoms with van der Waals surface area (Å²) in [7, 11) is 5.58. The first kappa shape index (κ1) is 90.4. The van der Waals surface area contributed by atoms with Crippen LogP contribution in [0.5, 0.6) is 0 Å². The van der Waals surface area contributed by atoms with Crippen molar-refractivity contribution in [1.82, 2.24) is 19.6 Å². The minimum absolute atomic E-state index is 0.274. The molecule has 11 N–H and O–H groups in total. The SMILES string of the molecule is CN(C)C(=N)c1ccc(C(=O)Nc2ccccc2C(=O)Nc2ccc(Cl)cc2)cc1.Cc1ccc(NC(=O)c2ccccc2NC(=O)c2ccc(C3=NCCN3C)cc2)cc1.N=C(c1ccc(C(=O)Nc2ccccc2C(=O)Nc2ccc(Cl)cc2)cc1)N1CCCC1.N=C(c1ccc(C(=O)Nc2ccccc2C(=O)Nc2ccc(Cl)cc2)cc1)N1CCCCC1. The van der Waals surface area contributed by atoms with E-state index in [1.807, 2.05) is 55.3 Å². The number of halogens is 3. The number of benzene rings is 12. The second kappa shape index (κ2) is 43.8. The lowest BCUT2D eigenvalue weighted by molar-refractivity contribution is 0.101. The Kier molecular flexibility index (Phi) is 31.4. The Morgan fingerprint density at radius 3 is 0.857 bits per heavy atom. The first-order valence-corrected chi connectivity index (χ1v) is 41.8. The van der Waals surface area contributed by atoms with Crippen LogP contribution in [0.4, 0.5) is 45.5 Å². The minimum atomic E-state index is -0.344. The monoisotopic (exact) mass is 1740 g/mol. The average molecular weight is 1740 g/mol. The standard InChI is InChI=1S/C26H25ClN4O2.C25H23ClN4O2.C25H24N4O2.C23H21ClN4O2/c27-20-12-14-21(15-13-20)29-26(33)22-6-2-3-7-23(22)30-25(32)19-10-8-18(9-11-19)24(28)31-16-4-1-5-17-31;26-19-11-13-20(14-12-19)28-25(32)21-5-1-2-6-22(21)29-24(31)18-9-7-17(8-10-18)23(27)30-15-3-4-16-30;1-17-7-13-20(14-8-17)27-25(31)21-5-3-4-6-22(21)28-24(30)19-11-9-18(10-12-19)23-26-15-16-29(23)2;1-28(2)21(25)15-7-9-16(10-8-15)22(29)27-20-6-4-3-5-19(20)23(30)26-18-13-11-17(24)12-14-18/h2-3,6-15,28H,1,4-5,16-17H2,(H,29,33)(H,30,32);1-2,5-14,27H,3-4,15-16H2,(H,28,32)(H,29,31);3-14H,15-16H2,1-2H3,(H,27,31)(H,28,30);3-14,25H,1-2H3,(H,26,30)(H,27,29). The highest BCUT2D eigenvalue weighted by molar-refractivity contribution is 6.31. The smallest absolute Gasteiger partial charge is 0.257 e. The number of nitrogens with zero attached hydrogens (tertiary/aromatic N) is 5. The van der Waals surface area contributed by atoms with Crippen molar-refractivity contribution in [2.75, 3.05) is 103 Å². The molecule has 0 radical (unpaired) electrons. The molecule has 3 aliphatic heterocycles. The molecule has 12 aromatic rings. The second-order valence-electron chi connectivity index (χ2n) is 29.8. The third-order valence-electron chi connectivity index (χ3n) is 20.6. The van der Waals surface area contributed by atoms with Crippen molar-refractivity contribution in [3.8, 4) is 0 Å². The van der Waals surface area contributed by atoms with Crippen molar-refractivity contribution in [1.29, 1.82) is 16.2 Å². The summed E-state index contributed by atoms with van der Waals surface area (Å²) in [6, 6.07) is 83.5. The fourth-order valence-electron chi connectivity index (χ4n) is 13.6. The number of likely N-dealkylation sites (tertiary alicyclic amines) is 2. The van der Waals surface area contributed by atoms with Crippen LogP contribution in [0.25, 0.3) is 0 Å². The summed E-state index contributed by atoms with van der Waals surface area (Å²) >= 11 is 17.7. The summed E-state index contributed by atoms with van der Waals surface area (Å²) in [6.07, 6.45) is 5.63. The number of nitrogens with one attached hydrogen (secondary N) is 11. The molecule has 0 unspecified atom stereocenters. The van der Waals surface area contributed by atoms with Crippen molar-refractivity contribution in [3.05, 3.63) is 379 Å². The van der Waals surface area contributed by atoms with E-state index in [9.17, 15) is 38.4 Å². The number of anilines is 8. The lowest BCUT2D eigenvalue weighted by Crippen LogP contribution is -2.35. The molecule has 0 atom stereocenters. The third kappa shape index (κ3) is 25.0. The second-order valence-corrected chi connectivity index (χ2v) is 31.1. The van der Waals surface area contributed by atoms with Gasteiger partial charge in [-0.3, -0.25) is 59.6 Å². The number of aliphatic imine (C=N–C) groups is 1. The van der Waals surface area contributed by atoms with E-state index in [-0.39, 0.29) is 47.3 Å². The van der Waals surface area contributed by atoms with Crippen molar-refractivity contribution in [2.24, 2.45) is 4.99 Å². The summed E-state index contributed by atoms with van der Waals surface area (Å²) in [4.78, 5) is 115. The number of rotatable bonds is 20. The molecule has 126 heavy (non-hydrogen) atoms. The van der Waals surface area contributed by atoms with Crippen LogP contribution in [0, 0.1) is 23.2 Å². The van der Waals surface area contributed by atoms with E-state index in [0.29, 0.717) is 128 Å². The molecule has 2 fully saturated rings. The summed E-state index contributed by atoms with van der Waals surface area (Å²) in [6.45, 7) is 7.27. The highest BCUT2D eigenvalue weighted by Crippen LogP contribution is 2.28. The van der Waals surface area contributed by atoms with Gasteiger partial charge in [-0.05, 0) is 221 Å². The maximum Gasteiger partial charge on any atom is 0.257 e. The predicted octanol–water partition coefficient (Wildman–Crippen LogP) is 19.8. The number of carbonyl (C=O) groups excluding carboxylic acids is 8. The van der Waals surface area contributed by atoms with Gasteiger partial charge in [0.2, 0.25) is 0 Å². The highest BCUT2D eigenvalue weighted by atomic mass is 35.5. The van der Waals surface area contributed by atoms with Gasteiger partial charge in [0.05, 0.1) is 51.5 Å². The van der Waals surface area contributed by atoms with Crippen molar-refractivity contribution in [2.45, 2.75) is 39.0 Å². The molecule has 3 aliphatic rings. The number of para-hydroxylation sites is 4. The van der Waals surface area contributed by atoms with Crippen LogP contribution in [0.1, 0.15) is 143 Å². The Balaban J connectivity index is 0.000000153. The van der Waals surface area contributed by atoms with Crippen LogP contribution in [-0.4, -0.2) is 151 Å². The third-order valence-corrected chi connectivity index (χ3v) is 21.3. The van der Waals surface area contributed by atoms with Crippen LogP contribution in [0.15, 0.2) is 296 Å². The van der Waals surface area contributed by atoms with Gasteiger partial charge in [0.1, 0.15) is 23.3 Å². The van der Waals surface area contributed by atoms with E-state index in [2.05, 4.69) is 57.3 Å². The fourth-order valence-corrected chi connectivity index (χ4v) is 14.0. The van der Waals surface area contributed by atoms with E-state index >= 15 is 0 Å². The molecule has 3 heterocycles. The molecule has 0 aromatic heterocycles. The van der Waals surface area contributed by atoms with Gasteiger partial charge in [0.25, 0.3) is 47.3 Å². The number of hydrogen-bond acceptors (Lipinski definition) is 13. The van der Waals surface area contributed by atoms with Crippen LogP contribution in [-0.2, 0) is 0 Å². The molecular formula is C99H93Cl3N16O8. The van der Waals surface area contributed by atoms with E-state index in [1.54, 1.807) is 274 Å². The lowest BCUT2D eigenvalue weighted by atomic mass is 10.1.